The molecule has 0 bridgehead atoms. The molecule has 1 aliphatic carbocycles. The van der Waals surface area contributed by atoms with E-state index in [0.29, 0.717) is 6.04 Å². The van der Waals surface area contributed by atoms with Crippen LogP contribution in [0, 0.1) is 0 Å². The molecule has 138 valence electrons. The summed E-state index contributed by atoms with van der Waals surface area (Å²) in [5.41, 5.74) is 2.84. The minimum Gasteiger partial charge on any atom is -0.497 e. The summed E-state index contributed by atoms with van der Waals surface area (Å²) < 4.78 is 5.38. The lowest BCUT2D eigenvalue weighted by molar-refractivity contribution is 0.414. The molecule has 26 heavy (non-hydrogen) atoms. The van der Waals surface area contributed by atoms with Crippen LogP contribution in [0.5, 0.6) is 5.75 Å². The first-order valence-electron chi connectivity index (χ1n) is 9.39. The zero-order chi connectivity index (χ0) is 17.8. The maximum Gasteiger partial charge on any atom is 0.134 e. The van der Waals surface area contributed by atoms with E-state index in [2.05, 4.69) is 44.5 Å². The molecule has 1 unspecified atom stereocenters. The summed E-state index contributed by atoms with van der Waals surface area (Å²) in [7, 11) is 1.73. The van der Waals surface area contributed by atoms with Crippen LogP contribution in [0.25, 0.3) is 0 Å². The summed E-state index contributed by atoms with van der Waals surface area (Å²) in [6, 6.07) is 8.98. The molecule has 2 aliphatic rings. The van der Waals surface area contributed by atoms with Crippen LogP contribution in [0.2, 0.25) is 0 Å². The van der Waals surface area contributed by atoms with Crippen molar-refractivity contribution in [2.75, 3.05) is 41.9 Å². The van der Waals surface area contributed by atoms with E-state index in [9.17, 15) is 0 Å². The van der Waals surface area contributed by atoms with Gasteiger partial charge in [0.15, 0.2) is 0 Å². The molecule has 1 saturated heterocycles. The van der Waals surface area contributed by atoms with Gasteiger partial charge in [-0.2, -0.15) is 11.8 Å². The number of anilines is 2. The normalized spacial score (nSPS) is 20.2. The van der Waals surface area contributed by atoms with Crippen LogP contribution >= 0.6 is 11.8 Å². The topological polar surface area (TPSA) is 50.3 Å². The van der Waals surface area contributed by atoms with Gasteiger partial charge in [0.05, 0.1) is 7.11 Å². The molecular formula is C20H26N4OS. The predicted octanol–water partition coefficient (Wildman–Crippen LogP) is 3.40. The smallest absolute Gasteiger partial charge is 0.134 e. The first-order chi connectivity index (χ1) is 12.8. The zero-order valence-corrected chi connectivity index (χ0v) is 16.1. The quantitative estimate of drug-likeness (QED) is 0.833. The van der Waals surface area contributed by atoms with Crippen molar-refractivity contribution in [2.24, 2.45) is 0 Å². The Morgan fingerprint density at radius 1 is 1.15 bits per heavy atom. The number of benzene rings is 1. The third-order valence-corrected chi connectivity index (χ3v) is 6.16. The van der Waals surface area contributed by atoms with Gasteiger partial charge in [0.1, 0.15) is 23.7 Å². The van der Waals surface area contributed by atoms with E-state index in [-0.39, 0.29) is 0 Å². The molecule has 1 aliphatic heterocycles. The van der Waals surface area contributed by atoms with Crippen molar-refractivity contribution in [3.63, 3.8) is 0 Å². The van der Waals surface area contributed by atoms with E-state index >= 15 is 0 Å². The van der Waals surface area contributed by atoms with Gasteiger partial charge in [-0.25, -0.2) is 9.97 Å². The van der Waals surface area contributed by atoms with Gasteiger partial charge in [-0.15, -0.1) is 0 Å². The van der Waals surface area contributed by atoms with Crippen LogP contribution in [0.1, 0.15) is 24.0 Å². The number of nitrogens with zero attached hydrogens (tertiary/aromatic N) is 3. The van der Waals surface area contributed by atoms with Gasteiger partial charge in [0.2, 0.25) is 0 Å². The van der Waals surface area contributed by atoms with Crippen LogP contribution in [-0.2, 0) is 12.8 Å². The standard InChI is InChI=1S/C20H26N4OS/c1-25-18-6-5-16-11-17(4-2-3-15(16)12-18)23-19-13-20(22-14-21-19)24-7-9-26-10-8-24/h5-6,12-14,17H,2-4,7-11H2,1H3,(H,21,22,23). The summed E-state index contributed by atoms with van der Waals surface area (Å²) in [5.74, 6) is 5.29. The third kappa shape index (κ3) is 4.06. The second-order valence-electron chi connectivity index (χ2n) is 6.93. The Bertz CT molecular complexity index is 748. The molecule has 1 aromatic carbocycles. The number of hydrogen-bond donors (Lipinski definition) is 1. The molecule has 0 amide bonds. The second kappa shape index (κ2) is 8.16. The Labute approximate surface area is 159 Å². The molecule has 5 nitrogen and oxygen atoms in total. The number of rotatable bonds is 4. The average molecular weight is 371 g/mol. The van der Waals surface area contributed by atoms with Crippen LogP contribution in [0.3, 0.4) is 0 Å². The van der Waals surface area contributed by atoms with Crippen LogP contribution < -0.4 is 15.0 Å². The second-order valence-corrected chi connectivity index (χ2v) is 8.16. The van der Waals surface area contributed by atoms with Crippen molar-refractivity contribution in [3.05, 3.63) is 41.7 Å². The number of ether oxygens (including phenoxy) is 1. The highest BCUT2D eigenvalue weighted by Crippen LogP contribution is 2.27. The SMILES string of the molecule is COc1ccc2c(c1)CCCC(Nc1cc(N3CCSCC3)ncn1)C2. The first kappa shape index (κ1) is 17.5. The highest BCUT2D eigenvalue weighted by Gasteiger charge is 2.19. The first-order valence-corrected chi connectivity index (χ1v) is 10.5. The summed E-state index contributed by atoms with van der Waals surface area (Å²) in [6.45, 7) is 2.14. The number of hydrogen-bond acceptors (Lipinski definition) is 6. The summed E-state index contributed by atoms with van der Waals surface area (Å²) >= 11 is 2.01. The van der Waals surface area contributed by atoms with Gasteiger partial charge in [0, 0.05) is 36.7 Å². The minimum atomic E-state index is 0.407. The van der Waals surface area contributed by atoms with E-state index < -0.39 is 0 Å². The number of methoxy groups -OCH3 is 1. The fraction of sp³-hybridized carbons (Fsp3) is 0.500. The fourth-order valence-electron chi connectivity index (χ4n) is 3.79. The van der Waals surface area contributed by atoms with Crippen molar-refractivity contribution in [1.29, 1.82) is 0 Å². The van der Waals surface area contributed by atoms with Crippen LogP contribution in [0.15, 0.2) is 30.6 Å². The van der Waals surface area contributed by atoms with E-state index in [0.717, 1.165) is 49.7 Å². The predicted molar refractivity (Wildman–Crippen MR) is 109 cm³/mol. The molecule has 1 fully saturated rings. The molecule has 0 radical (unpaired) electrons. The van der Waals surface area contributed by atoms with E-state index in [1.165, 1.54) is 29.1 Å². The van der Waals surface area contributed by atoms with E-state index in [4.69, 9.17) is 4.74 Å². The molecule has 6 heteroatoms. The maximum absolute atomic E-state index is 5.38. The van der Waals surface area contributed by atoms with Crippen LogP contribution in [0.4, 0.5) is 11.6 Å². The summed E-state index contributed by atoms with van der Waals surface area (Å²) in [4.78, 5) is 11.3. The monoisotopic (exact) mass is 370 g/mol. The molecule has 4 rings (SSSR count). The molecule has 1 atom stereocenters. The fourth-order valence-corrected chi connectivity index (χ4v) is 4.69. The van der Waals surface area contributed by atoms with Crippen molar-refractivity contribution >= 4 is 23.4 Å². The molecule has 2 aromatic rings. The minimum absolute atomic E-state index is 0.407. The number of fused-ring (bicyclic) bond motifs is 1. The molecule has 0 saturated carbocycles. The Hall–Kier alpha value is -1.95. The van der Waals surface area contributed by atoms with Gasteiger partial charge in [-0.05, 0) is 48.9 Å². The zero-order valence-electron chi connectivity index (χ0n) is 15.3. The van der Waals surface area contributed by atoms with Crippen molar-refractivity contribution in [1.82, 2.24) is 9.97 Å². The lowest BCUT2D eigenvalue weighted by atomic mass is 10.0. The maximum atomic E-state index is 5.38. The largest absolute Gasteiger partial charge is 0.497 e. The Morgan fingerprint density at radius 2 is 2.04 bits per heavy atom. The van der Waals surface area contributed by atoms with Gasteiger partial charge < -0.3 is 15.0 Å². The highest BCUT2D eigenvalue weighted by molar-refractivity contribution is 7.99. The van der Waals surface area contributed by atoms with Gasteiger partial charge in [0.25, 0.3) is 0 Å². The lowest BCUT2D eigenvalue weighted by Gasteiger charge is -2.27. The number of aromatic nitrogens is 2. The number of thioether (sulfide) groups is 1. The van der Waals surface area contributed by atoms with Crippen molar-refractivity contribution in [3.8, 4) is 5.75 Å². The molecule has 1 N–H and O–H groups in total. The Kier molecular flexibility index (Phi) is 5.48. The van der Waals surface area contributed by atoms with Crippen molar-refractivity contribution < 1.29 is 4.74 Å². The number of nitrogens with one attached hydrogen (secondary N) is 1. The summed E-state index contributed by atoms with van der Waals surface area (Å²) in [5, 5.41) is 3.66. The molecular weight excluding hydrogens is 344 g/mol. The molecule has 0 spiro atoms. The highest BCUT2D eigenvalue weighted by atomic mass is 32.2. The Morgan fingerprint density at radius 3 is 2.88 bits per heavy atom. The van der Waals surface area contributed by atoms with Crippen molar-refractivity contribution in [2.45, 2.75) is 31.7 Å². The number of aryl methyl sites for hydroxylation is 1. The average Bonchev–Trinajstić information content (AvgIpc) is 2.90. The van der Waals surface area contributed by atoms with Gasteiger partial charge in [-0.1, -0.05) is 6.07 Å². The van der Waals surface area contributed by atoms with E-state index in [1.807, 2.05) is 11.8 Å². The van der Waals surface area contributed by atoms with Gasteiger partial charge >= 0.3 is 0 Å². The lowest BCUT2D eigenvalue weighted by Crippen LogP contribution is -2.33. The molecule has 1 aromatic heterocycles. The van der Waals surface area contributed by atoms with Gasteiger partial charge in [-0.3, -0.25) is 0 Å². The van der Waals surface area contributed by atoms with Crippen LogP contribution in [-0.4, -0.2) is 47.7 Å². The Balaban J connectivity index is 1.46. The van der Waals surface area contributed by atoms with E-state index in [1.54, 1.807) is 13.4 Å². The molecule has 2 heterocycles. The third-order valence-electron chi connectivity index (χ3n) is 5.22. The summed E-state index contributed by atoms with van der Waals surface area (Å²) in [6.07, 6.45) is 6.16.